The van der Waals surface area contributed by atoms with Gasteiger partial charge in [-0.3, -0.25) is 9.59 Å². The molecule has 0 radical (unpaired) electrons. The first-order valence-corrected chi connectivity index (χ1v) is 8.24. The van der Waals surface area contributed by atoms with Crippen LogP contribution in [0.2, 0.25) is 0 Å². The molecule has 0 saturated carbocycles. The van der Waals surface area contributed by atoms with Crippen molar-refractivity contribution in [1.29, 1.82) is 0 Å². The molecule has 6 atom stereocenters. The third kappa shape index (κ3) is 3.73. The largest absolute Gasteiger partial charge is 0.456 e. The summed E-state index contributed by atoms with van der Waals surface area (Å²) in [6.45, 7) is 8.12. The summed E-state index contributed by atoms with van der Waals surface area (Å²) in [6.07, 6.45) is -3.30. The first-order valence-electron chi connectivity index (χ1n) is 7.25. The number of esters is 2. The zero-order valence-corrected chi connectivity index (χ0v) is 14.2. The van der Waals surface area contributed by atoms with Crippen molar-refractivity contribution in [3.8, 4) is 0 Å². The Morgan fingerprint density at radius 2 is 1.73 bits per heavy atom. The second kappa shape index (κ2) is 6.74. The molecule has 2 heterocycles. The van der Waals surface area contributed by atoms with E-state index < -0.39 is 47.8 Å². The maximum atomic E-state index is 11.4. The van der Waals surface area contributed by atoms with Crippen molar-refractivity contribution in [2.24, 2.45) is 0 Å². The molecule has 0 aromatic heterocycles. The minimum Gasteiger partial charge on any atom is -0.456 e. The zero-order valence-electron chi connectivity index (χ0n) is 13.4. The number of thioether (sulfide) groups is 1. The highest BCUT2D eigenvalue weighted by Crippen LogP contribution is 2.43. The third-order valence-corrected chi connectivity index (χ3v) is 4.42. The first kappa shape index (κ1) is 17.5. The summed E-state index contributed by atoms with van der Waals surface area (Å²) in [6, 6.07) is 0. The quantitative estimate of drug-likeness (QED) is 0.715. The molecule has 2 rings (SSSR count). The zero-order chi connectivity index (χ0) is 16.5. The molecule has 0 aromatic rings. The van der Waals surface area contributed by atoms with Crippen LogP contribution >= 0.6 is 11.8 Å². The molecule has 2 saturated heterocycles. The lowest BCUT2D eigenvalue weighted by Gasteiger charge is -2.39. The van der Waals surface area contributed by atoms with Gasteiger partial charge in [-0.1, -0.05) is 18.7 Å². The number of hydrogen-bond donors (Lipinski definition) is 0. The van der Waals surface area contributed by atoms with E-state index in [0.717, 1.165) is 5.75 Å². The van der Waals surface area contributed by atoms with Gasteiger partial charge in [0.15, 0.2) is 24.6 Å². The van der Waals surface area contributed by atoms with E-state index in [2.05, 4.69) is 0 Å². The van der Waals surface area contributed by atoms with Crippen LogP contribution in [-0.4, -0.2) is 53.5 Å². The van der Waals surface area contributed by atoms with E-state index >= 15 is 0 Å². The Bertz CT molecular complexity index is 443. The Kier molecular flexibility index (Phi) is 5.37. The molecule has 0 aromatic carbocycles. The van der Waals surface area contributed by atoms with Gasteiger partial charge in [-0.15, -0.1) is 0 Å². The topological polar surface area (TPSA) is 80.3 Å². The Hall–Kier alpha value is -0.830. The second-order valence-corrected chi connectivity index (χ2v) is 6.96. The van der Waals surface area contributed by atoms with Crippen LogP contribution in [0.4, 0.5) is 0 Å². The second-order valence-electron chi connectivity index (χ2n) is 5.35. The standard InChI is InChI=1S/C14H22O7S/c1-6-22-14(5)20-12-11(19-9(4)16)10(18-8(3)15)7(2)17-13(12)21-14/h7,10-13H,6H2,1-5H3/t7-,10-,11+,12+,13+,14?/m0/s1. The fraction of sp³-hybridized carbons (Fsp3) is 0.857. The summed E-state index contributed by atoms with van der Waals surface area (Å²) < 4.78 is 28.1. The van der Waals surface area contributed by atoms with E-state index in [-0.39, 0.29) is 0 Å². The molecular weight excluding hydrogens is 312 g/mol. The predicted octanol–water partition coefficient (Wildman–Crippen LogP) is 1.44. The van der Waals surface area contributed by atoms with Gasteiger partial charge in [-0.2, -0.15) is 0 Å². The predicted molar refractivity (Wildman–Crippen MR) is 77.9 cm³/mol. The van der Waals surface area contributed by atoms with Crippen LogP contribution < -0.4 is 0 Å². The first-order chi connectivity index (χ1) is 10.3. The van der Waals surface area contributed by atoms with E-state index in [1.165, 1.54) is 25.6 Å². The van der Waals surface area contributed by atoms with Crippen molar-refractivity contribution in [2.45, 2.75) is 70.4 Å². The lowest BCUT2D eigenvalue weighted by atomic mass is 9.99. The molecule has 0 bridgehead atoms. The lowest BCUT2D eigenvalue weighted by molar-refractivity contribution is -0.253. The summed E-state index contributed by atoms with van der Waals surface area (Å²) in [7, 11) is 0. The summed E-state index contributed by atoms with van der Waals surface area (Å²) in [4.78, 5) is 22.7. The Labute approximate surface area is 133 Å². The monoisotopic (exact) mass is 334 g/mol. The van der Waals surface area contributed by atoms with Crippen molar-refractivity contribution in [2.75, 3.05) is 5.75 Å². The molecule has 2 aliphatic rings. The van der Waals surface area contributed by atoms with Gasteiger partial charge in [0.05, 0.1) is 6.10 Å². The minimum absolute atomic E-state index is 0.472. The molecule has 1 unspecified atom stereocenters. The summed E-state index contributed by atoms with van der Waals surface area (Å²) in [5.41, 5.74) is 0. The van der Waals surface area contributed by atoms with Gasteiger partial charge in [-0.25, -0.2) is 0 Å². The number of ether oxygens (including phenoxy) is 5. The maximum Gasteiger partial charge on any atom is 0.303 e. The van der Waals surface area contributed by atoms with E-state index in [1.54, 1.807) is 13.8 Å². The maximum absolute atomic E-state index is 11.4. The molecule has 0 N–H and O–H groups in total. The SMILES string of the molecule is CCSC1(C)O[C@H]2O[C@@H](C)[C@H](OC(C)=O)[C@@H](OC(C)=O)[C@H]2O1. The summed E-state index contributed by atoms with van der Waals surface area (Å²) in [5.74, 6) is -0.159. The molecule has 0 spiro atoms. The number of carbonyl (C=O) groups is 2. The highest BCUT2D eigenvalue weighted by molar-refractivity contribution is 8.00. The van der Waals surface area contributed by atoms with Crippen molar-refractivity contribution in [1.82, 2.24) is 0 Å². The van der Waals surface area contributed by atoms with Gasteiger partial charge in [0.25, 0.3) is 0 Å². The van der Waals surface area contributed by atoms with Crippen molar-refractivity contribution < 1.29 is 33.3 Å². The van der Waals surface area contributed by atoms with E-state index in [0.29, 0.717) is 0 Å². The van der Waals surface area contributed by atoms with Gasteiger partial charge >= 0.3 is 11.9 Å². The third-order valence-electron chi connectivity index (χ3n) is 3.42. The van der Waals surface area contributed by atoms with Crippen LogP contribution in [0.25, 0.3) is 0 Å². The average Bonchev–Trinajstić information content (AvgIpc) is 2.69. The fourth-order valence-electron chi connectivity index (χ4n) is 2.69. The summed E-state index contributed by atoms with van der Waals surface area (Å²) >= 11 is 1.47. The van der Waals surface area contributed by atoms with Crippen LogP contribution in [0, 0.1) is 0 Å². The highest BCUT2D eigenvalue weighted by atomic mass is 32.2. The van der Waals surface area contributed by atoms with E-state index in [9.17, 15) is 9.59 Å². The molecule has 0 aliphatic carbocycles. The molecule has 2 fully saturated rings. The summed E-state index contributed by atoms with van der Waals surface area (Å²) in [5, 5.41) is -0.882. The van der Waals surface area contributed by atoms with E-state index in [1.807, 2.05) is 6.92 Å². The fourth-order valence-corrected chi connectivity index (χ4v) is 3.56. The molecular formula is C14H22O7S. The number of hydrogen-bond acceptors (Lipinski definition) is 8. The molecule has 7 nitrogen and oxygen atoms in total. The molecule has 8 heteroatoms. The smallest absolute Gasteiger partial charge is 0.303 e. The number of rotatable bonds is 4. The van der Waals surface area contributed by atoms with Crippen molar-refractivity contribution >= 4 is 23.7 Å². The number of carbonyl (C=O) groups excluding carboxylic acids is 2. The van der Waals surface area contributed by atoms with Crippen LogP contribution in [0.3, 0.4) is 0 Å². The van der Waals surface area contributed by atoms with Crippen LogP contribution in [0.5, 0.6) is 0 Å². The van der Waals surface area contributed by atoms with Gasteiger partial charge in [0.1, 0.15) is 0 Å². The van der Waals surface area contributed by atoms with Gasteiger partial charge < -0.3 is 23.7 Å². The van der Waals surface area contributed by atoms with Crippen molar-refractivity contribution in [3.05, 3.63) is 0 Å². The Balaban J connectivity index is 2.23. The molecule has 126 valence electrons. The average molecular weight is 334 g/mol. The molecule has 22 heavy (non-hydrogen) atoms. The molecule has 2 aliphatic heterocycles. The Morgan fingerprint density at radius 1 is 1.14 bits per heavy atom. The van der Waals surface area contributed by atoms with E-state index in [4.69, 9.17) is 23.7 Å². The Morgan fingerprint density at radius 3 is 2.27 bits per heavy atom. The van der Waals surface area contributed by atoms with Gasteiger partial charge in [-0.05, 0) is 12.7 Å². The highest BCUT2D eigenvalue weighted by Gasteiger charge is 2.57. The van der Waals surface area contributed by atoms with Crippen molar-refractivity contribution in [3.63, 3.8) is 0 Å². The normalized spacial score (nSPS) is 40.9. The van der Waals surface area contributed by atoms with Crippen LogP contribution in [-0.2, 0) is 33.3 Å². The minimum atomic E-state index is -0.882. The van der Waals surface area contributed by atoms with Gasteiger partial charge in [0.2, 0.25) is 5.12 Å². The number of fused-ring (bicyclic) bond motifs is 1. The van der Waals surface area contributed by atoms with Gasteiger partial charge in [0, 0.05) is 20.8 Å². The lowest BCUT2D eigenvalue weighted by Crippen LogP contribution is -2.58. The van der Waals surface area contributed by atoms with Crippen LogP contribution in [0.15, 0.2) is 0 Å². The van der Waals surface area contributed by atoms with Crippen LogP contribution in [0.1, 0.15) is 34.6 Å². The molecule has 0 amide bonds.